The van der Waals surface area contributed by atoms with Crippen molar-refractivity contribution in [1.82, 2.24) is 25.4 Å². The zero-order chi connectivity index (χ0) is 12.8. The van der Waals surface area contributed by atoms with Crippen LogP contribution in [-0.2, 0) is 13.6 Å². The molecule has 18 heavy (non-hydrogen) atoms. The minimum absolute atomic E-state index is 0. The van der Waals surface area contributed by atoms with Crippen LogP contribution in [0.25, 0.3) is 0 Å². The SMILES string of the molecule is CN=C(NCc1nncn1C)NC(C)C(C)C.I. The van der Waals surface area contributed by atoms with Crippen LogP contribution in [-0.4, -0.2) is 33.8 Å². The Kier molecular flexibility index (Phi) is 7.88. The fraction of sp³-hybridized carbons (Fsp3) is 0.727. The van der Waals surface area contributed by atoms with E-state index in [4.69, 9.17) is 0 Å². The lowest BCUT2D eigenvalue weighted by Crippen LogP contribution is -2.44. The maximum Gasteiger partial charge on any atom is 0.191 e. The van der Waals surface area contributed by atoms with Gasteiger partial charge in [-0.2, -0.15) is 0 Å². The fourth-order valence-corrected chi connectivity index (χ4v) is 1.21. The van der Waals surface area contributed by atoms with Crippen molar-refractivity contribution in [2.24, 2.45) is 18.0 Å². The normalized spacial score (nSPS) is 13.1. The Bertz CT molecular complexity index is 373. The van der Waals surface area contributed by atoms with E-state index in [1.807, 2.05) is 11.6 Å². The smallest absolute Gasteiger partial charge is 0.191 e. The Labute approximate surface area is 126 Å². The molecule has 2 N–H and O–H groups in total. The number of guanidine groups is 1. The van der Waals surface area contributed by atoms with E-state index >= 15 is 0 Å². The van der Waals surface area contributed by atoms with Crippen molar-refractivity contribution < 1.29 is 0 Å². The summed E-state index contributed by atoms with van der Waals surface area (Å²) in [6, 6.07) is 0.376. The molecule has 0 aliphatic heterocycles. The fourth-order valence-electron chi connectivity index (χ4n) is 1.21. The number of aliphatic imine (C=N–C) groups is 1. The van der Waals surface area contributed by atoms with Crippen molar-refractivity contribution in [3.05, 3.63) is 12.2 Å². The van der Waals surface area contributed by atoms with E-state index < -0.39 is 0 Å². The van der Waals surface area contributed by atoms with Gasteiger partial charge in [-0.1, -0.05) is 13.8 Å². The number of aryl methyl sites for hydroxylation is 1. The van der Waals surface area contributed by atoms with Gasteiger partial charge in [0.25, 0.3) is 0 Å². The minimum Gasteiger partial charge on any atom is -0.354 e. The maximum absolute atomic E-state index is 4.18. The highest BCUT2D eigenvalue weighted by Gasteiger charge is 2.09. The second-order valence-corrected chi connectivity index (χ2v) is 4.46. The Morgan fingerprint density at radius 2 is 2.11 bits per heavy atom. The molecule has 0 bridgehead atoms. The minimum atomic E-state index is 0. The predicted octanol–water partition coefficient (Wildman–Crippen LogP) is 1.14. The van der Waals surface area contributed by atoms with Crippen LogP contribution >= 0.6 is 24.0 Å². The van der Waals surface area contributed by atoms with Crippen molar-refractivity contribution in [1.29, 1.82) is 0 Å². The zero-order valence-corrected chi connectivity index (χ0v) is 14.0. The molecule has 0 aliphatic rings. The molecule has 0 amide bonds. The van der Waals surface area contributed by atoms with E-state index in [0.29, 0.717) is 18.5 Å². The van der Waals surface area contributed by atoms with Crippen molar-refractivity contribution in [3.63, 3.8) is 0 Å². The largest absolute Gasteiger partial charge is 0.354 e. The number of nitrogens with zero attached hydrogens (tertiary/aromatic N) is 4. The van der Waals surface area contributed by atoms with Crippen LogP contribution in [0.15, 0.2) is 11.3 Å². The molecular formula is C11H23IN6. The first-order valence-electron chi connectivity index (χ1n) is 5.84. The number of hydrogen-bond donors (Lipinski definition) is 2. The zero-order valence-electron chi connectivity index (χ0n) is 11.6. The second kappa shape index (κ2) is 8.28. The number of aromatic nitrogens is 3. The Morgan fingerprint density at radius 1 is 1.44 bits per heavy atom. The lowest BCUT2D eigenvalue weighted by Gasteiger charge is -2.20. The van der Waals surface area contributed by atoms with Crippen molar-refractivity contribution >= 4 is 29.9 Å². The van der Waals surface area contributed by atoms with Crippen LogP contribution in [0.4, 0.5) is 0 Å². The lowest BCUT2D eigenvalue weighted by molar-refractivity contribution is 0.480. The molecule has 1 atom stereocenters. The van der Waals surface area contributed by atoms with Gasteiger partial charge in [-0.05, 0) is 12.8 Å². The molecule has 7 heteroatoms. The molecule has 0 spiro atoms. The van der Waals surface area contributed by atoms with E-state index in [1.54, 1.807) is 13.4 Å². The summed E-state index contributed by atoms with van der Waals surface area (Å²) in [6.07, 6.45) is 1.68. The second-order valence-electron chi connectivity index (χ2n) is 4.46. The van der Waals surface area contributed by atoms with E-state index in [1.165, 1.54) is 0 Å². The summed E-state index contributed by atoms with van der Waals surface area (Å²) >= 11 is 0. The number of rotatable bonds is 4. The topological polar surface area (TPSA) is 67.1 Å². The van der Waals surface area contributed by atoms with Gasteiger partial charge < -0.3 is 15.2 Å². The molecule has 104 valence electrons. The van der Waals surface area contributed by atoms with E-state index in [9.17, 15) is 0 Å². The van der Waals surface area contributed by atoms with Crippen LogP contribution in [0, 0.1) is 5.92 Å². The first-order valence-corrected chi connectivity index (χ1v) is 5.84. The summed E-state index contributed by atoms with van der Waals surface area (Å²) in [4.78, 5) is 4.18. The van der Waals surface area contributed by atoms with Crippen molar-refractivity contribution in [3.8, 4) is 0 Å². The molecule has 0 radical (unpaired) electrons. The molecule has 0 aliphatic carbocycles. The molecule has 0 aromatic carbocycles. The average Bonchev–Trinajstić information content (AvgIpc) is 2.69. The molecule has 1 aromatic heterocycles. The molecule has 0 saturated carbocycles. The molecule has 1 aromatic rings. The van der Waals surface area contributed by atoms with Crippen LogP contribution < -0.4 is 10.6 Å². The lowest BCUT2D eigenvalue weighted by atomic mass is 10.1. The summed E-state index contributed by atoms with van der Waals surface area (Å²) in [5.74, 6) is 2.22. The highest BCUT2D eigenvalue weighted by atomic mass is 127. The van der Waals surface area contributed by atoms with Crippen molar-refractivity contribution in [2.75, 3.05) is 7.05 Å². The maximum atomic E-state index is 4.18. The number of nitrogens with one attached hydrogen (secondary N) is 2. The molecule has 0 fully saturated rings. The first-order chi connectivity index (χ1) is 8.04. The summed E-state index contributed by atoms with van der Waals surface area (Å²) in [5.41, 5.74) is 0. The van der Waals surface area contributed by atoms with Gasteiger partial charge in [0.1, 0.15) is 6.33 Å². The molecule has 1 unspecified atom stereocenters. The van der Waals surface area contributed by atoms with E-state index in [2.05, 4.69) is 46.6 Å². The summed E-state index contributed by atoms with van der Waals surface area (Å²) in [6.45, 7) is 7.10. The highest BCUT2D eigenvalue weighted by Crippen LogP contribution is 1.99. The summed E-state index contributed by atoms with van der Waals surface area (Å²) < 4.78 is 1.88. The Balaban J connectivity index is 0.00000289. The van der Waals surface area contributed by atoms with Gasteiger partial charge in [0, 0.05) is 20.1 Å². The average molecular weight is 366 g/mol. The Morgan fingerprint density at radius 3 is 2.56 bits per heavy atom. The van der Waals surface area contributed by atoms with Crippen LogP contribution in [0.5, 0.6) is 0 Å². The molecule has 1 rings (SSSR count). The highest BCUT2D eigenvalue weighted by molar-refractivity contribution is 14.0. The summed E-state index contributed by atoms with van der Waals surface area (Å²) in [7, 11) is 3.68. The van der Waals surface area contributed by atoms with Gasteiger partial charge in [0.15, 0.2) is 11.8 Å². The third-order valence-electron chi connectivity index (χ3n) is 2.81. The monoisotopic (exact) mass is 366 g/mol. The van der Waals surface area contributed by atoms with Gasteiger partial charge in [-0.3, -0.25) is 4.99 Å². The van der Waals surface area contributed by atoms with Gasteiger partial charge in [-0.25, -0.2) is 0 Å². The Hall–Kier alpha value is -0.860. The first kappa shape index (κ1) is 17.1. The predicted molar refractivity (Wildman–Crippen MR) is 84.1 cm³/mol. The number of halogens is 1. The molecule has 6 nitrogen and oxygen atoms in total. The van der Waals surface area contributed by atoms with E-state index in [0.717, 1.165) is 11.8 Å². The van der Waals surface area contributed by atoms with Gasteiger partial charge in [-0.15, -0.1) is 34.2 Å². The third-order valence-corrected chi connectivity index (χ3v) is 2.81. The van der Waals surface area contributed by atoms with Gasteiger partial charge >= 0.3 is 0 Å². The van der Waals surface area contributed by atoms with E-state index in [-0.39, 0.29) is 24.0 Å². The van der Waals surface area contributed by atoms with Crippen LogP contribution in [0.2, 0.25) is 0 Å². The molecule has 1 heterocycles. The van der Waals surface area contributed by atoms with Gasteiger partial charge in [0.05, 0.1) is 6.54 Å². The summed E-state index contributed by atoms with van der Waals surface area (Å²) in [5, 5.41) is 14.4. The quantitative estimate of drug-likeness (QED) is 0.477. The van der Waals surface area contributed by atoms with Crippen LogP contribution in [0.3, 0.4) is 0 Å². The van der Waals surface area contributed by atoms with Crippen molar-refractivity contribution in [2.45, 2.75) is 33.4 Å². The standard InChI is InChI=1S/C11H22N6.HI/c1-8(2)9(3)15-11(12-4)13-6-10-16-14-7-17(10)5;/h7-9H,6H2,1-5H3,(H2,12,13,15);1H. The van der Waals surface area contributed by atoms with Gasteiger partial charge in [0.2, 0.25) is 0 Å². The number of hydrogen-bond acceptors (Lipinski definition) is 3. The molecule has 0 saturated heterocycles. The third kappa shape index (κ3) is 5.19. The van der Waals surface area contributed by atoms with Crippen LogP contribution in [0.1, 0.15) is 26.6 Å². The molecular weight excluding hydrogens is 343 g/mol.